The van der Waals surface area contributed by atoms with Crippen molar-refractivity contribution in [1.29, 1.82) is 0 Å². The van der Waals surface area contributed by atoms with Gasteiger partial charge in [-0.15, -0.1) is 0 Å². The number of phenols is 1. The third-order valence-corrected chi connectivity index (χ3v) is 2.74. The van der Waals surface area contributed by atoms with Gasteiger partial charge in [-0.05, 0) is 43.1 Å². The number of aldehydes is 1. The molecule has 1 aromatic rings. The van der Waals surface area contributed by atoms with Gasteiger partial charge in [-0.2, -0.15) is 0 Å². The average Bonchev–Trinajstić information content (AvgIpc) is 2.30. The molecule has 0 aliphatic heterocycles. The van der Waals surface area contributed by atoms with Crippen LogP contribution in [0, 0.1) is 6.92 Å². The molecule has 0 atom stereocenters. The first-order valence-corrected chi connectivity index (χ1v) is 5.68. The first kappa shape index (κ1) is 12.7. The Balaban J connectivity index is 2.76. The first-order chi connectivity index (χ1) is 7.70. The van der Waals surface area contributed by atoms with Gasteiger partial charge in [-0.3, -0.25) is 4.79 Å². The van der Waals surface area contributed by atoms with E-state index in [1.165, 1.54) is 0 Å². The molecule has 0 amide bonds. The number of hydrogen-bond acceptors (Lipinski definition) is 3. The zero-order valence-electron chi connectivity index (χ0n) is 9.92. The minimum absolute atomic E-state index is 0.248. The number of unbranched alkanes of at least 4 members (excludes halogenated alkanes) is 1. The van der Waals surface area contributed by atoms with Gasteiger partial charge in [0.1, 0.15) is 12.0 Å². The third-order valence-electron chi connectivity index (χ3n) is 2.74. The minimum Gasteiger partial charge on any atom is -0.508 e. The molecule has 0 unspecified atom stereocenters. The van der Waals surface area contributed by atoms with Gasteiger partial charge >= 0.3 is 0 Å². The van der Waals surface area contributed by atoms with Crippen molar-refractivity contribution < 1.29 is 9.90 Å². The Bertz CT molecular complexity index is 361. The van der Waals surface area contributed by atoms with E-state index < -0.39 is 0 Å². The lowest BCUT2D eigenvalue weighted by molar-refractivity contribution is 0.112. The Hall–Kier alpha value is -1.35. The van der Waals surface area contributed by atoms with E-state index in [0.717, 1.165) is 36.8 Å². The van der Waals surface area contributed by atoms with Gasteiger partial charge in [-0.25, -0.2) is 0 Å². The van der Waals surface area contributed by atoms with Crippen molar-refractivity contribution in [2.24, 2.45) is 0 Å². The van der Waals surface area contributed by atoms with E-state index in [0.29, 0.717) is 12.1 Å². The van der Waals surface area contributed by atoms with Gasteiger partial charge < -0.3 is 10.4 Å². The van der Waals surface area contributed by atoms with Crippen LogP contribution in [0.3, 0.4) is 0 Å². The largest absolute Gasteiger partial charge is 0.508 e. The summed E-state index contributed by atoms with van der Waals surface area (Å²) in [5, 5.41) is 12.9. The first-order valence-electron chi connectivity index (χ1n) is 5.68. The summed E-state index contributed by atoms with van der Waals surface area (Å²) < 4.78 is 0. The predicted molar refractivity (Wildman–Crippen MR) is 64.8 cm³/mol. The lowest BCUT2D eigenvalue weighted by atomic mass is 10.0. The number of benzene rings is 1. The molecule has 0 aromatic heterocycles. The summed E-state index contributed by atoms with van der Waals surface area (Å²) in [7, 11) is 0. The molecule has 3 nitrogen and oxygen atoms in total. The number of phenolic OH excluding ortho intramolecular Hbond substituents is 1. The van der Waals surface area contributed by atoms with Crippen LogP contribution >= 0.6 is 0 Å². The van der Waals surface area contributed by atoms with E-state index in [1.54, 1.807) is 12.1 Å². The third kappa shape index (κ3) is 3.07. The van der Waals surface area contributed by atoms with Gasteiger partial charge in [0.05, 0.1) is 0 Å². The van der Waals surface area contributed by atoms with Crippen LogP contribution in [0.25, 0.3) is 0 Å². The molecule has 1 aromatic carbocycles. The molecule has 16 heavy (non-hydrogen) atoms. The Kier molecular flexibility index (Phi) is 4.99. The maximum Gasteiger partial charge on any atom is 0.150 e. The number of carbonyl (C=O) groups is 1. The van der Waals surface area contributed by atoms with Crippen molar-refractivity contribution >= 4 is 6.29 Å². The fraction of sp³-hybridized carbons (Fsp3) is 0.462. The van der Waals surface area contributed by atoms with Crippen LogP contribution in [0.2, 0.25) is 0 Å². The second kappa shape index (κ2) is 6.28. The molecule has 0 saturated carbocycles. The Morgan fingerprint density at radius 3 is 2.81 bits per heavy atom. The number of nitrogens with one attached hydrogen (secondary N) is 1. The summed E-state index contributed by atoms with van der Waals surface area (Å²) >= 11 is 0. The molecule has 2 N–H and O–H groups in total. The molecule has 0 saturated heterocycles. The molecule has 0 heterocycles. The van der Waals surface area contributed by atoms with Crippen LogP contribution < -0.4 is 5.32 Å². The summed E-state index contributed by atoms with van der Waals surface area (Å²) in [6.45, 7) is 5.54. The summed E-state index contributed by atoms with van der Waals surface area (Å²) in [5.74, 6) is 0.248. The van der Waals surface area contributed by atoms with Gasteiger partial charge in [0.15, 0.2) is 0 Å². The highest BCUT2D eigenvalue weighted by Crippen LogP contribution is 2.22. The molecule has 0 fully saturated rings. The lowest BCUT2D eigenvalue weighted by Crippen LogP contribution is -2.16. The van der Waals surface area contributed by atoms with E-state index >= 15 is 0 Å². The van der Waals surface area contributed by atoms with E-state index in [1.807, 2.05) is 6.92 Å². The molecule has 0 radical (unpaired) electrons. The fourth-order valence-electron chi connectivity index (χ4n) is 1.63. The molecule has 0 aliphatic rings. The Morgan fingerprint density at radius 1 is 1.44 bits per heavy atom. The second-order valence-corrected chi connectivity index (χ2v) is 3.93. The lowest BCUT2D eigenvalue weighted by Gasteiger charge is -2.11. The molecular formula is C13H19NO2. The van der Waals surface area contributed by atoms with Gasteiger partial charge in [0.25, 0.3) is 0 Å². The van der Waals surface area contributed by atoms with Crippen molar-refractivity contribution in [2.75, 3.05) is 6.54 Å². The molecule has 0 aliphatic carbocycles. The Morgan fingerprint density at radius 2 is 2.19 bits per heavy atom. The summed E-state index contributed by atoms with van der Waals surface area (Å²) in [6.07, 6.45) is 3.10. The number of rotatable bonds is 6. The minimum atomic E-state index is 0.248. The molecule has 1 rings (SSSR count). The Labute approximate surface area is 96.5 Å². The second-order valence-electron chi connectivity index (χ2n) is 3.93. The summed E-state index contributed by atoms with van der Waals surface area (Å²) in [4.78, 5) is 10.9. The molecule has 0 spiro atoms. The molecule has 88 valence electrons. The van der Waals surface area contributed by atoms with Crippen LogP contribution in [-0.2, 0) is 6.54 Å². The fourth-order valence-corrected chi connectivity index (χ4v) is 1.63. The maximum absolute atomic E-state index is 10.9. The summed E-state index contributed by atoms with van der Waals surface area (Å²) in [6, 6.07) is 3.22. The monoisotopic (exact) mass is 221 g/mol. The number of carbonyl (C=O) groups excluding carboxylic acids is 1. The number of aromatic hydroxyl groups is 1. The van der Waals surface area contributed by atoms with E-state index in [-0.39, 0.29) is 5.75 Å². The van der Waals surface area contributed by atoms with Crippen LogP contribution in [0.5, 0.6) is 5.75 Å². The van der Waals surface area contributed by atoms with Crippen LogP contribution in [-0.4, -0.2) is 17.9 Å². The van der Waals surface area contributed by atoms with Crippen molar-refractivity contribution in [1.82, 2.24) is 5.32 Å². The van der Waals surface area contributed by atoms with Crippen LogP contribution in [0.15, 0.2) is 12.1 Å². The SMILES string of the molecule is CCCCNCc1c(C=O)ccc(O)c1C. The van der Waals surface area contributed by atoms with Gasteiger partial charge in [-0.1, -0.05) is 13.3 Å². The average molecular weight is 221 g/mol. The van der Waals surface area contributed by atoms with Crippen molar-refractivity contribution in [2.45, 2.75) is 33.2 Å². The van der Waals surface area contributed by atoms with E-state index in [9.17, 15) is 9.90 Å². The maximum atomic E-state index is 10.9. The van der Waals surface area contributed by atoms with Crippen LogP contribution in [0.4, 0.5) is 0 Å². The van der Waals surface area contributed by atoms with Crippen molar-refractivity contribution in [3.05, 3.63) is 28.8 Å². The van der Waals surface area contributed by atoms with Crippen LogP contribution in [0.1, 0.15) is 41.3 Å². The highest BCUT2D eigenvalue weighted by atomic mass is 16.3. The quantitative estimate of drug-likeness (QED) is 0.573. The predicted octanol–water partition coefficient (Wildman–Crippen LogP) is 2.40. The van der Waals surface area contributed by atoms with Crippen molar-refractivity contribution in [3.63, 3.8) is 0 Å². The zero-order valence-corrected chi connectivity index (χ0v) is 9.92. The summed E-state index contributed by atoms with van der Waals surface area (Å²) in [5.41, 5.74) is 2.33. The molecular weight excluding hydrogens is 202 g/mol. The van der Waals surface area contributed by atoms with E-state index in [4.69, 9.17) is 0 Å². The normalized spacial score (nSPS) is 10.4. The van der Waals surface area contributed by atoms with Crippen molar-refractivity contribution in [3.8, 4) is 5.75 Å². The highest BCUT2D eigenvalue weighted by Gasteiger charge is 2.08. The zero-order chi connectivity index (χ0) is 12.0. The van der Waals surface area contributed by atoms with Gasteiger partial charge in [0, 0.05) is 12.1 Å². The molecule has 0 bridgehead atoms. The molecule has 3 heteroatoms. The topological polar surface area (TPSA) is 49.3 Å². The number of hydrogen-bond donors (Lipinski definition) is 2. The van der Waals surface area contributed by atoms with Gasteiger partial charge in [0.2, 0.25) is 0 Å². The van der Waals surface area contributed by atoms with E-state index in [2.05, 4.69) is 12.2 Å². The standard InChI is InChI=1S/C13H19NO2/c1-3-4-7-14-8-12-10(2)13(16)6-5-11(12)9-15/h5-6,9,14,16H,3-4,7-8H2,1-2H3. The smallest absolute Gasteiger partial charge is 0.150 e. The highest BCUT2D eigenvalue weighted by molar-refractivity contribution is 5.78.